The number of hydrogen-bond acceptors (Lipinski definition) is 5. The van der Waals surface area contributed by atoms with Gasteiger partial charge in [-0.1, -0.05) is 35.9 Å². The Bertz CT molecular complexity index is 911. The summed E-state index contributed by atoms with van der Waals surface area (Å²) in [5.74, 6) is 0.884. The largest absolute Gasteiger partial charge is 0.358 e. The monoisotopic (exact) mass is 337 g/mol. The topological polar surface area (TPSA) is 37.8 Å². The lowest BCUT2D eigenvalue weighted by Crippen LogP contribution is -2.12. The number of hydrogen-bond donors (Lipinski definition) is 1. The highest BCUT2D eigenvalue weighted by Gasteiger charge is 2.17. The van der Waals surface area contributed by atoms with Crippen LogP contribution in [0.25, 0.3) is 10.2 Å². The minimum Gasteiger partial charge on any atom is -0.358 e. The molecule has 0 aliphatic carbocycles. The van der Waals surface area contributed by atoms with Gasteiger partial charge in [-0.3, -0.25) is 0 Å². The average molecular weight is 337 g/mol. The number of aryl methyl sites for hydroxylation is 1. The number of benzene rings is 1. The molecule has 0 radical (unpaired) electrons. The SMILES string of the molecule is Cc1ccc([C@@H](Nc2ncnc3sccc23)c2cccs2)cc1. The lowest BCUT2D eigenvalue weighted by molar-refractivity contribution is 0.950. The molecule has 1 aromatic carbocycles. The van der Waals surface area contributed by atoms with Crippen LogP contribution in [0.1, 0.15) is 22.0 Å². The molecular formula is C18H15N3S2. The van der Waals surface area contributed by atoms with Crippen molar-refractivity contribution in [3.63, 3.8) is 0 Å². The number of fused-ring (bicyclic) bond motifs is 1. The molecular weight excluding hydrogens is 322 g/mol. The van der Waals surface area contributed by atoms with Gasteiger partial charge in [0.15, 0.2) is 0 Å². The molecule has 1 atom stereocenters. The van der Waals surface area contributed by atoms with Gasteiger partial charge in [-0.25, -0.2) is 9.97 Å². The summed E-state index contributed by atoms with van der Waals surface area (Å²) in [6.45, 7) is 2.11. The molecule has 4 rings (SSSR count). The first-order valence-corrected chi connectivity index (χ1v) is 9.12. The fourth-order valence-electron chi connectivity index (χ4n) is 2.57. The summed E-state index contributed by atoms with van der Waals surface area (Å²) in [6, 6.07) is 15.1. The second kappa shape index (κ2) is 6.10. The molecule has 3 nitrogen and oxygen atoms in total. The van der Waals surface area contributed by atoms with Crippen LogP contribution in [0.2, 0.25) is 0 Å². The molecule has 0 amide bonds. The van der Waals surface area contributed by atoms with E-state index in [2.05, 4.69) is 75.4 Å². The fraction of sp³-hybridized carbons (Fsp3) is 0.111. The smallest absolute Gasteiger partial charge is 0.138 e. The molecule has 4 aromatic rings. The van der Waals surface area contributed by atoms with Gasteiger partial charge in [0, 0.05) is 4.88 Å². The number of nitrogens with one attached hydrogen (secondary N) is 1. The van der Waals surface area contributed by atoms with E-state index in [0.717, 1.165) is 16.0 Å². The number of aromatic nitrogens is 2. The van der Waals surface area contributed by atoms with Crippen molar-refractivity contribution >= 4 is 38.7 Å². The normalized spacial score (nSPS) is 12.4. The Hall–Kier alpha value is -2.24. The molecule has 5 heteroatoms. The molecule has 3 aromatic heterocycles. The molecule has 23 heavy (non-hydrogen) atoms. The molecule has 0 aliphatic heterocycles. The van der Waals surface area contributed by atoms with Crippen LogP contribution in [0.3, 0.4) is 0 Å². The molecule has 0 fully saturated rings. The highest BCUT2D eigenvalue weighted by molar-refractivity contribution is 7.16. The quantitative estimate of drug-likeness (QED) is 0.552. The second-order valence-corrected chi connectivity index (χ2v) is 7.24. The summed E-state index contributed by atoms with van der Waals surface area (Å²) in [5.41, 5.74) is 2.50. The Balaban J connectivity index is 1.77. The van der Waals surface area contributed by atoms with Crippen molar-refractivity contribution in [1.82, 2.24) is 9.97 Å². The Kier molecular flexibility index (Phi) is 3.81. The molecule has 0 unspecified atom stereocenters. The van der Waals surface area contributed by atoms with Crippen LogP contribution >= 0.6 is 22.7 Å². The van der Waals surface area contributed by atoms with Crippen LogP contribution in [-0.4, -0.2) is 9.97 Å². The van der Waals surface area contributed by atoms with Gasteiger partial charge < -0.3 is 5.32 Å². The Morgan fingerprint density at radius 2 is 1.83 bits per heavy atom. The van der Waals surface area contributed by atoms with E-state index in [0.29, 0.717) is 0 Å². The molecule has 0 bridgehead atoms. The number of rotatable bonds is 4. The molecule has 3 heterocycles. The van der Waals surface area contributed by atoms with Gasteiger partial charge in [0.25, 0.3) is 0 Å². The van der Waals surface area contributed by atoms with Gasteiger partial charge in [-0.15, -0.1) is 22.7 Å². The van der Waals surface area contributed by atoms with Crippen molar-refractivity contribution in [3.8, 4) is 0 Å². The lowest BCUT2D eigenvalue weighted by Gasteiger charge is -2.19. The third kappa shape index (κ3) is 2.85. The maximum Gasteiger partial charge on any atom is 0.138 e. The van der Waals surface area contributed by atoms with Gasteiger partial charge in [0.1, 0.15) is 17.0 Å². The van der Waals surface area contributed by atoms with Crippen LogP contribution in [0.4, 0.5) is 5.82 Å². The highest BCUT2D eigenvalue weighted by Crippen LogP contribution is 2.32. The van der Waals surface area contributed by atoms with Crippen molar-refractivity contribution in [2.75, 3.05) is 5.32 Å². The number of thiophene rings is 2. The zero-order valence-electron chi connectivity index (χ0n) is 12.6. The number of nitrogens with zero attached hydrogens (tertiary/aromatic N) is 2. The summed E-state index contributed by atoms with van der Waals surface area (Å²) in [6.07, 6.45) is 1.63. The zero-order valence-corrected chi connectivity index (χ0v) is 14.2. The minimum atomic E-state index is 0.0913. The zero-order chi connectivity index (χ0) is 15.6. The summed E-state index contributed by atoms with van der Waals surface area (Å²) in [5, 5.41) is 8.85. The van der Waals surface area contributed by atoms with E-state index in [4.69, 9.17) is 0 Å². The van der Waals surface area contributed by atoms with Gasteiger partial charge in [-0.05, 0) is 35.4 Å². The van der Waals surface area contributed by atoms with Gasteiger partial charge in [-0.2, -0.15) is 0 Å². The average Bonchev–Trinajstić information content (AvgIpc) is 3.25. The molecule has 1 N–H and O–H groups in total. The summed E-state index contributed by atoms with van der Waals surface area (Å²) in [7, 11) is 0. The van der Waals surface area contributed by atoms with Crippen LogP contribution in [0, 0.1) is 6.92 Å². The van der Waals surface area contributed by atoms with E-state index >= 15 is 0 Å². The third-order valence-electron chi connectivity index (χ3n) is 3.78. The molecule has 0 saturated carbocycles. The maximum absolute atomic E-state index is 4.46. The van der Waals surface area contributed by atoms with Crippen molar-refractivity contribution < 1.29 is 0 Å². The van der Waals surface area contributed by atoms with Crippen LogP contribution in [0.5, 0.6) is 0 Å². The van der Waals surface area contributed by atoms with E-state index in [1.807, 2.05) is 0 Å². The Labute approximate surface area is 142 Å². The number of anilines is 1. The molecule has 0 spiro atoms. The van der Waals surface area contributed by atoms with Gasteiger partial charge in [0.05, 0.1) is 11.4 Å². The molecule has 0 saturated heterocycles. The third-order valence-corrected chi connectivity index (χ3v) is 5.54. The van der Waals surface area contributed by atoms with Gasteiger partial charge in [0.2, 0.25) is 0 Å². The predicted octanol–water partition coefficient (Wildman–Crippen LogP) is 5.26. The van der Waals surface area contributed by atoms with Crippen molar-refractivity contribution in [2.24, 2.45) is 0 Å². The fourth-order valence-corrected chi connectivity index (χ4v) is 4.11. The predicted molar refractivity (Wildman–Crippen MR) is 98.4 cm³/mol. The summed E-state index contributed by atoms with van der Waals surface area (Å²) >= 11 is 3.39. The second-order valence-electron chi connectivity index (χ2n) is 5.37. The maximum atomic E-state index is 4.46. The van der Waals surface area contributed by atoms with E-state index in [9.17, 15) is 0 Å². The minimum absolute atomic E-state index is 0.0913. The Morgan fingerprint density at radius 1 is 0.957 bits per heavy atom. The first kappa shape index (κ1) is 14.4. The Morgan fingerprint density at radius 3 is 2.61 bits per heavy atom. The first-order valence-electron chi connectivity index (χ1n) is 7.36. The van der Waals surface area contributed by atoms with Crippen molar-refractivity contribution in [3.05, 3.63) is 75.6 Å². The van der Waals surface area contributed by atoms with Gasteiger partial charge >= 0.3 is 0 Å². The summed E-state index contributed by atoms with van der Waals surface area (Å²) in [4.78, 5) is 11.1. The van der Waals surface area contributed by atoms with E-state index < -0.39 is 0 Å². The standard InChI is InChI=1S/C18H15N3S2/c1-12-4-6-13(7-5-12)16(15-3-2-9-22-15)21-17-14-8-10-23-18(14)20-11-19-17/h2-11,16H,1H3,(H,19,20,21)/t16-/m1/s1. The van der Waals surface area contributed by atoms with Crippen LogP contribution < -0.4 is 5.32 Å². The summed E-state index contributed by atoms with van der Waals surface area (Å²) < 4.78 is 0. The van der Waals surface area contributed by atoms with Crippen LogP contribution in [0.15, 0.2) is 59.6 Å². The molecule has 114 valence electrons. The lowest BCUT2D eigenvalue weighted by atomic mass is 10.0. The highest BCUT2D eigenvalue weighted by atomic mass is 32.1. The van der Waals surface area contributed by atoms with E-state index in [1.165, 1.54) is 16.0 Å². The van der Waals surface area contributed by atoms with E-state index in [1.54, 1.807) is 29.0 Å². The first-order chi connectivity index (χ1) is 11.3. The van der Waals surface area contributed by atoms with Crippen molar-refractivity contribution in [1.29, 1.82) is 0 Å². The van der Waals surface area contributed by atoms with Crippen molar-refractivity contribution in [2.45, 2.75) is 13.0 Å². The molecule has 0 aliphatic rings. The van der Waals surface area contributed by atoms with E-state index in [-0.39, 0.29) is 6.04 Å². The van der Waals surface area contributed by atoms with Crippen LogP contribution in [-0.2, 0) is 0 Å².